The third-order valence-corrected chi connectivity index (χ3v) is 5.86. The molecule has 3 N–H and O–H groups in total. The van der Waals surface area contributed by atoms with Gasteiger partial charge in [-0.2, -0.15) is 0 Å². The highest BCUT2D eigenvalue weighted by Crippen LogP contribution is 2.49. The van der Waals surface area contributed by atoms with E-state index in [1.54, 1.807) is 0 Å². The van der Waals surface area contributed by atoms with Crippen LogP contribution in [-0.4, -0.2) is 16.7 Å². The summed E-state index contributed by atoms with van der Waals surface area (Å²) in [5.41, 5.74) is 6.87. The third kappa shape index (κ3) is 3.13. The van der Waals surface area contributed by atoms with Crippen LogP contribution in [0.2, 0.25) is 5.02 Å². The van der Waals surface area contributed by atoms with Crippen molar-refractivity contribution in [2.24, 2.45) is 11.1 Å². The minimum Gasteiger partial charge on any atom is -0.390 e. The smallest absolute Gasteiger partial charge is 0.0682 e. The summed E-state index contributed by atoms with van der Waals surface area (Å²) >= 11 is 6.00. The van der Waals surface area contributed by atoms with E-state index in [1.165, 1.54) is 12.0 Å². The van der Waals surface area contributed by atoms with Crippen molar-refractivity contribution in [1.29, 1.82) is 0 Å². The maximum Gasteiger partial charge on any atom is 0.0682 e. The zero-order chi connectivity index (χ0) is 15.9. The van der Waals surface area contributed by atoms with E-state index in [0.29, 0.717) is 6.42 Å². The van der Waals surface area contributed by atoms with Crippen molar-refractivity contribution >= 4 is 11.6 Å². The number of hydrogen-bond acceptors (Lipinski definition) is 2. The highest BCUT2D eigenvalue weighted by Gasteiger charge is 2.47. The Morgan fingerprint density at radius 3 is 2.10 bits per heavy atom. The van der Waals surface area contributed by atoms with Crippen molar-refractivity contribution in [3.8, 4) is 0 Å². The molecule has 1 aliphatic carbocycles. The van der Waals surface area contributed by atoms with E-state index in [4.69, 9.17) is 17.3 Å². The molecule has 2 unspecified atom stereocenters. The Hall–Kier alpha value is -0.570. The molecule has 1 aromatic carbocycles. The Kier molecular flexibility index (Phi) is 4.45. The molecule has 2 rings (SSSR count). The van der Waals surface area contributed by atoms with E-state index in [-0.39, 0.29) is 16.9 Å². The molecule has 1 saturated carbocycles. The molecule has 1 aliphatic rings. The zero-order valence-corrected chi connectivity index (χ0v) is 14.4. The molecule has 2 nitrogen and oxygen atoms in total. The first-order chi connectivity index (χ1) is 9.58. The lowest BCUT2D eigenvalue weighted by Gasteiger charge is -2.50. The topological polar surface area (TPSA) is 46.2 Å². The zero-order valence-electron chi connectivity index (χ0n) is 13.6. The van der Waals surface area contributed by atoms with Gasteiger partial charge in [-0.05, 0) is 49.3 Å². The van der Waals surface area contributed by atoms with Crippen LogP contribution in [0.4, 0.5) is 0 Å². The van der Waals surface area contributed by atoms with E-state index in [2.05, 4.69) is 32.9 Å². The quantitative estimate of drug-likeness (QED) is 0.872. The lowest BCUT2D eigenvalue weighted by Crippen LogP contribution is -2.55. The van der Waals surface area contributed by atoms with Crippen molar-refractivity contribution in [3.63, 3.8) is 0 Å². The summed E-state index contributed by atoms with van der Waals surface area (Å²) in [6.45, 7) is 8.10. The van der Waals surface area contributed by atoms with Crippen molar-refractivity contribution in [2.45, 2.75) is 70.4 Å². The van der Waals surface area contributed by atoms with Crippen LogP contribution in [-0.2, 0) is 5.41 Å². The molecule has 0 aromatic heterocycles. The Morgan fingerprint density at radius 1 is 1.19 bits per heavy atom. The van der Waals surface area contributed by atoms with Gasteiger partial charge in [0.1, 0.15) is 0 Å². The molecular weight excluding hydrogens is 282 g/mol. The van der Waals surface area contributed by atoms with Crippen LogP contribution in [0.1, 0.15) is 58.9 Å². The second-order valence-electron chi connectivity index (χ2n) is 7.85. The standard InChI is InChI=1S/C18H28ClNO/c1-16(2,3)17(4,21)12-15(20)18(10-5-11-18)13-6-8-14(19)9-7-13/h6-9,15,21H,5,10-12,20H2,1-4H3. The number of nitrogens with two attached hydrogens (primary N) is 1. The van der Waals surface area contributed by atoms with Crippen LogP contribution in [0.3, 0.4) is 0 Å². The fourth-order valence-corrected chi connectivity index (χ4v) is 3.27. The predicted molar refractivity (Wildman–Crippen MR) is 89.7 cm³/mol. The number of halogens is 1. The molecule has 0 heterocycles. The molecule has 0 bridgehead atoms. The highest BCUT2D eigenvalue weighted by molar-refractivity contribution is 6.30. The first-order valence-corrected chi connectivity index (χ1v) is 8.20. The van der Waals surface area contributed by atoms with Crippen LogP contribution in [0.15, 0.2) is 24.3 Å². The van der Waals surface area contributed by atoms with Crippen LogP contribution in [0.5, 0.6) is 0 Å². The normalized spacial score (nSPS) is 22.2. The van der Waals surface area contributed by atoms with Crippen molar-refractivity contribution in [2.75, 3.05) is 0 Å². The van der Waals surface area contributed by atoms with Gasteiger partial charge in [-0.3, -0.25) is 0 Å². The first-order valence-electron chi connectivity index (χ1n) is 7.82. The first kappa shape index (κ1) is 16.8. The summed E-state index contributed by atoms with van der Waals surface area (Å²) in [5, 5.41) is 11.5. The molecule has 0 radical (unpaired) electrons. The average Bonchev–Trinajstić information content (AvgIpc) is 2.28. The second kappa shape index (κ2) is 5.57. The molecule has 118 valence electrons. The molecular formula is C18H28ClNO. The predicted octanol–water partition coefficient (Wildman–Crippen LogP) is 4.28. The number of benzene rings is 1. The van der Waals surface area contributed by atoms with Gasteiger partial charge in [0, 0.05) is 16.5 Å². The maximum absolute atomic E-state index is 10.8. The molecule has 0 spiro atoms. The highest BCUT2D eigenvalue weighted by atomic mass is 35.5. The van der Waals surface area contributed by atoms with Crippen LogP contribution in [0, 0.1) is 5.41 Å². The van der Waals surface area contributed by atoms with E-state index >= 15 is 0 Å². The van der Waals surface area contributed by atoms with Gasteiger partial charge in [-0.15, -0.1) is 0 Å². The molecule has 0 saturated heterocycles. The fourth-order valence-electron chi connectivity index (χ4n) is 3.14. The van der Waals surface area contributed by atoms with E-state index in [1.807, 2.05) is 19.1 Å². The average molecular weight is 310 g/mol. The Balaban J connectivity index is 2.23. The molecule has 0 amide bonds. The monoisotopic (exact) mass is 309 g/mol. The molecule has 0 aliphatic heterocycles. The summed E-state index contributed by atoms with van der Waals surface area (Å²) in [7, 11) is 0. The van der Waals surface area contributed by atoms with Gasteiger partial charge in [0.05, 0.1) is 5.60 Å². The van der Waals surface area contributed by atoms with Crippen LogP contribution in [0.25, 0.3) is 0 Å². The number of aliphatic hydroxyl groups is 1. The van der Waals surface area contributed by atoms with Crippen LogP contribution >= 0.6 is 11.6 Å². The van der Waals surface area contributed by atoms with Gasteiger partial charge in [0.25, 0.3) is 0 Å². The Bertz CT molecular complexity index is 483. The number of rotatable bonds is 4. The van der Waals surface area contributed by atoms with Gasteiger partial charge >= 0.3 is 0 Å². The molecule has 1 fully saturated rings. The minimum absolute atomic E-state index is 0.000170. The van der Waals surface area contributed by atoms with E-state index < -0.39 is 5.60 Å². The van der Waals surface area contributed by atoms with Gasteiger partial charge in [-0.25, -0.2) is 0 Å². The number of hydrogen-bond donors (Lipinski definition) is 2. The Morgan fingerprint density at radius 2 is 1.71 bits per heavy atom. The van der Waals surface area contributed by atoms with Crippen molar-refractivity contribution in [3.05, 3.63) is 34.9 Å². The van der Waals surface area contributed by atoms with E-state index in [0.717, 1.165) is 17.9 Å². The second-order valence-corrected chi connectivity index (χ2v) is 8.29. The SMILES string of the molecule is CC(C)(C)C(C)(O)CC(N)C1(c2ccc(Cl)cc2)CCC1. The van der Waals surface area contributed by atoms with Crippen molar-refractivity contribution in [1.82, 2.24) is 0 Å². The van der Waals surface area contributed by atoms with E-state index in [9.17, 15) is 5.11 Å². The largest absolute Gasteiger partial charge is 0.390 e. The molecule has 3 heteroatoms. The summed E-state index contributed by atoms with van der Waals surface area (Å²) < 4.78 is 0. The van der Waals surface area contributed by atoms with Gasteiger partial charge in [-0.1, -0.05) is 50.9 Å². The lowest BCUT2D eigenvalue weighted by atomic mass is 9.57. The third-order valence-electron chi connectivity index (χ3n) is 5.61. The van der Waals surface area contributed by atoms with Crippen molar-refractivity contribution < 1.29 is 5.11 Å². The lowest BCUT2D eigenvalue weighted by molar-refractivity contribution is -0.0617. The molecule has 1 aromatic rings. The Labute approximate surface area is 133 Å². The fraction of sp³-hybridized carbons (Fsp3) is 0.667. The minimum atomic E-state index is -0.776. The summed E-state index contributed by atoms with van der Waals surface area (Å²) in [6.07, 6.45) is 4.00. The van der Waals surface area contributed by atoms with Crippen LogP contribution < -0.4 is 5.73 Å². The molecule has 2 atom stereocenters. The van der Waals surface area contributed by atoms with Gasteiger partial charge < -0.3 is 10.8 Å². The van der Waals surface area contributed by atoms with Gasteiger partial charge in [0.15, 0.2) is 0 Å². The maximum atomic E-state index is 10.8. The summed E-state index contributed by atoms with van der Waals surface area (Å²) in [5.74, 6) is 0. The summed E-state index contributed by atoms with van der Waals surface area (Å²) in [6, 6.07) is 8.01. The molecule has 21 heavy (non-hydrogen) atoms. The van der Waals surface area contributed by atoms with Gasteiger partial charge in [0.2, 0.25) is 0 Å². The summed E-state index contributed by atoms with van der Waals surface area (Å²) in [4.78, 5) is 0.